The van der Waals surface area contributed by atoms with E-state index in [2.05, 4.69) is 27.5 Å². The lowest BCUT2D eigenvalue weighted by Gasteiger charge is -2.16. The first-order valence-corrected chi connectivity index (χ1v) is 7.01. The highest BCUT2D eigenvalue weighted by Crippen LogP contribution is 2.33. The van der Waals surface area contributed by atoms with Gasteiger partial charge in [0.1, 0.15) is 12.1 Å². The van der Waals surface area contributed by atoms with Crippen LogP contribution in [0.25, 0.3) is 10.9 Å². The van der Waals surface area contributed by atoms with Crippen molar-refractivity contribution in [2.75, 3.05) is 33.1 Å². The standard InChI is InChI=1S/C15H22N4O2/c1-5-10(16-2)8-17-15-11-6-13(20-3)14(21-4)7-12(11)18-9-19-15/h6-7,9-10,16H,5,8H2,1-4H3,(H,17,18,19). The molecule has 1 atom stereocenters. The van der Waals surface area contributed by atoms with Crippen molar-refractivity contribution in [1.29, 1.82) is 0 Å². The van der Waals surface area contributed by atoms with Crippen LogP contribution in [-0.4, -0.2) is 43.8 Å². The first-order chi connectivity index (χ1) is 10.2. The molecule has 6 heteroatoms. The molecule has 0 bridgehead atoms. The Bertz CT molecular complexity index is 599. The molecule has 2 N–H and O–H groups in total. The fourth-order valence-electron chi connectivity index (χ4n) is 2.19. The van der Waals surface area contributed by atoms with Crippen LogP contribution in [-0.2, 0) is 0 Å². The summed E-state index contributed by atoms with van der Waals surface area (Å²) in [5.74, 6) is 2.13. The minimum atomic E-state index is 0.398. The van der Waals surface area contributed by atoms with Crippen molar-refractivity contribution in [2.45, 2.75) is 19.4 Å². The molecule has 1 heterocycles. The van der Waals surface area contributed by atoms with Crippen molar-refractivity contribution in [3.63, 3.8) is 0 Å². The predicted molar refractivity (Wildman–Crippen MR) is 84.3 cm³/mol. The SMILES string of the molecule is CCC(CNc1ncnc2cc(OC)c(OC)cc12)NC. The van der Waals surface area contributed by atoms with E-state index in [1.165, 1.54) is 0 Å². The number of ether oxygens (including phenoxy) is 2. The average Bonchev–Trinajstić information content (AvgIpc) is 2.54. The lowest BCUT2D eigenvalue weighted by atomic mass is 10.2. The summed E-state index contributed by atoms with van der Waals surface area (Å²) in [6, 6.07) is 4.16. The molecule has 2 rings (SSSR count). The Morgan fingerprint density at radius 3 is 2.48 bits per heavy atom. The molecule has 6 nitrogen and oxygen atoms in total. The van der Waals surface area contributed by atoms with Crippen LogP contribution in [0.5, 0.6) is 11.5 Å². The van der Waals surface area contributed by atoms with E-state index in [0.717, 1.165) is 29.7 Å². The number of hydrogen-bond donors (Lipinski definition) is 2. The second kappa shape index (κ2) is 7.08. The number of methoxy groups -OCH3 is 2. The molecule has 0 saturated heterocycles. The Kier molecular flexibility index (Phi) is 5.16. The van der Waals surface area contributed by atoms with Crippen LogP contribution < -0.4 is 20.1 Å². The third-order valence-corrected chi connectivity index (χ3v) is 3.56. The number of anilines is 1. The molecule has 114 valence electrons. The van der Waals surface area contributed by atoms with Gasteiger partial charge in [-0.3, -0.25) is 0 Å². The van der Waals surface area contributed by atoms with E-state index >= 15 is 0 Å². The van der Waals surface area contributed by atoms with E-state index in [1.807, 2.05) is 19.2 Å². The average molecular weight is 290 g/mol. The summed E-state index contributed by atoms with van der Waals surface area (Å²) in [4.78, 5) is 8.62. The molecule has 0 radical (unpaired) electrons. The van der Waals surface area contributed by atoms with Crippen LogP contribution in [0.4, 0.5) is 5.82 Å². The monoisotopic (exact) mass is 290 g/mol. The highest BCUT2D eigenvalue weighted by atomic mass is 16.5. The molecule has 0 aliphatic heterocycles. The molecular formula is C15H22N4O2. The third-order valence-electron chi connectivity index (χ3n) is 3.56. The van der Waals surface area contributed by atoms with Crippen molar-refractivity contribution in [2.24, 2.45) is 0 Å². The molecular weight excluding hydrogens is 268 g/mol. The maximum Gasteiger partial charge on any atom is 0.162 e. The Morgan fingerprint density at radius 1 is 1.14 bits per heavy atom. The zero-order chi connectivity index (χ0) is 15.2. The van der Waals surface area contributed by atoms with Crippen LogP contribution in [0, 0.1) is 0 Å². The molecule has 0 fully saturated rings. The van der Waals surface area contributed by atoms with Crippen LogP contribution in [0.15, 0.2) is 18.5 Å². The lowest BCUT2D eigenvalue weighted by molar-refractivity contribution is 0.356. The van der Waals surface area contributed by atoms with Gasteiger partial charge in [0.2, 0.25) is 0 Å². The Morgan fingerprint density at radius 2 is 1.86 bits per heavy atom. The number of hydrogen-bond acceptors (Lipinski definition) is 6. The number of rotatable bonds is 7. The predicted octanol–water partition coefficient (Wildman–Crippen LogP) is 2.06. The van der Waals surface area contributed by atoms with Gasteiger partial charge < -0.3 is 20.1 Å². The first kappa shape index (κ1) is 15.3. The quantitative estimate of drug-likeness (QED) is 0.813. The van der Waals surface area contributed by atoms with Gasteiger partial charge in [0.05, 0.1) is 19.7 Å². The molecule has 1 unspecified atom stereocenters. The molecule has 0 spiro atoms. The van der Waals surface area contributed by atoms with Crippen LogP contribution in [0.2, 0.25) is 0 Å². The van der Waals surface area contributed by atoms with Crippen molar-refractivity contribution in [3.05, 3.63) is 18.5 Å². The maximum absolute atomic E-state index is 5.35. The van der Waals surface area contributed by atoms with Gasteiger partial charge in [0, 0.05) is 24.0 Å². The Labute approximate surface area is 124 Å². The van der Waals surface area contributed by atoms with Crippen molar-refractivity contribution in [3.8, 4) is 11.5 Å². The number of nitrogens with one attached hydrogen (secondary N) is 2. The minimum absolute atomic E-state index is 0.398. The Hall–Kier alpha value is -2.08. The fourth-order valence-corrected chi connectivity index (χ4v) is 2.19. The van der Waals surface area contributed by atoms with E-state index in [-0.39, 0.29) is 0 Å². The molecule has 21 heavy (non-hydrogen) atoms. The number of benzene rings is 1. The fraction of sp³-hybridized carbons (Fsp3) is 0.467. The van der Waals surface area contributed by atoms with Gasteiger partial charge in [0.25, 0.3) is 0 Å². The third kappa shape index (κ3) is 3.33. The molecule has 0 aliphatic carbocycles. The number of likely N-dealkylation sites (N-methyl/N-ethyl adjacent to an activating group) is 1. The zero-order valence-electron chi connectivity index (χ0n) is 12.9. The van der Waals surface area contributed by atoms with Gasteiger partial charge >= 0.3 is 0 Å². The number of fused-ring (bicyclic) bond motifs is 1. The summed E-state index contributed by atoms with van der Waals surface area (Å²) >= 11 is 0. The molecule has 1 aromatic carbocycles. The lowest BCUT2D eigenvalue weighted by Crippen LogP contribution is -2.32. The summed E-state index contributed by atoms with van der Waals surface area (Å²) in [5, 5.41) is 7.55. The molecule has 1 aromatic heterocycles. The zero-order valence-corrected chi connectivity index (χ0v) is 12.9. The van der Waals surface area contributed by atoms with E-state index < -0.39 is 0 Å². The van der Waals surface area contributed by atoms with E-state index in [4.69, 9.17) is 9.47 Å². The van der Waals surface area contributed by atoms with Crippen LogP contribution in [0.3, 0.4) is 0 Å². The van der Waals surface area contributed by atoms with Crippen LogP contribution in [0.1, 0.15) is 13.3 Å². The number of aromatic nitrogens is 2. The van der Waals surface area contributed by atoms with Gasteiger partial charge in [-0.05, 0) is 19.5 Å². The molecule has 0 aliphatic rings. The van der Waals surface area contributed by atoms with Gasteiger partial charge in [-0.15, -0.1) is 0 Å². The van der Waals surface area contributed by atoms with Gasteiger partial charge in [-0.25, -0.2) is 9.97 Å². The number of nitrogens with zero attached hydrogens (tertiary/aromatic N) is 2. The van der Waals surface area contributed by atoms with Gasteiger partial charge in [-0.2, -0.15) is 0 Å². The summed E-state index contributed by atoms with van der Waals surface area (Å²) in [6.07, 6.45) is 2.60. The first-order valence-electron chi connectivity index (χ1n) is 7.01. The van der Waals surface area contributed by atoms with Gasteiger partial charge in [0.15, 0.2) is 11.5 Å². The summed E-state index contributed by atoms with van der Waals surface area (Å²) in [5.41, 5.74) is 0.822. The van der Waals surface area contributed by atoms with Crippen molar-refractivity contribution < 1.29 is 9.47 Å². The highest BCUT2D eigenvalue weighted by Gasteiger charge is 2.11. The maximum atomic E-state index is 5.35. The smallest absolute Gasteiger partial charge is 0.162 e. The molecule has 0 amide bonds. The highest BCUT2D eigenvalue weighted by molar-refractivity contribution is 5.91. The second-order valence-corrected chi connectivity index (χ2v) is 4.72. The molecule has 0 saturated carbocycles. The van der Waals surface area contributed by atoms with Gasteiger partial charge in [-0.1, -0.05) is 6.92 Å². The Balaban J connectivity index is 2.35. The summed E-state index contributed by atoms with van der Waals surface area (Å²) in [6.45, 7) is 2.95. The van der Waals surface area contributed by atoms with E-state index in [0.29, 0.717) is 17.5 Å². The minimum Gasteiger partial charge on any atom is -0.493 e. The van der Waals surface area contributed by atoms with E-state index in [1.54, 1.807) is 20.5 Å². The summed E-state index contributed by atoms with van der Waals surface area (Å²) in [7, 11) is 5.19. The molecule has 2 aromatic rings. The normalized spacial score (nSPS) is 12.2. The largest absolute Gasteiger partial charge is 0.493 e. The van der Waals surface area contributed by atoms with Crippen molar-refractivity contribution >= 4 is 16.7 Å². The topological polar surface area (TPSA) is 68.3 Å². The van der Waals surface area contributed by atoms with Crippen molar-refractivity contribution in [1.82, 2.24) is 15.3 Å². The van der Waals surface area contributed by atoms with Crippen LogP contribution >= 0.6 is 0 Å². The summed E-state index contributed by atoms with van der Waals surface area (Å²) < 4.78 is 10.6. The van der Waals surface area contributed by atoms with E-state index in [9.17, 15) is 0 Å². The second-order valence-electron chi connectivity index (χ2n) is 4.72.